The Morgan fingerprint density at radius 2 is 1.76 bits per heavy atom. The van der Waals surface area contributed by atoms with Gasteiger partial charge in [-0.3, -0.25) is 19.3 Å². The molecular formula is C16H20N2O3. The molecule has 2 rings (SSSR count). The molecular weight excluding hydrogens is 268 g/mol. The summed E-state index contributed by atoms with van der Waals surface area (Å²) in [7, 11) is 1.71. The number of imide groups is 1. The fourth-order valence-electron chi connectivity index (χ4n) is 2.33. The highest BCUT2D eigenvalue weighted by atomic mass is 16.2. The van der Waals surface area contributed by atoms with E-state index < -0.39 is 0 Å². The number of likely N-dealkylation sites (tertiary alicyclic amines) is 1. The number of rotatable bonds is 4. The van der Waals surface area contributed by atoms with Crippen LogP contribution in [0.1, 0.15) is 30.4 Å². The number of hydrogen-bond acceptors (Lipinski definition) is 3. The summed E-state index contributed by atoms with van der Waals surface area (Å²) in [4.78, 5) is 37.9. The summed E-state index contributed by atoms with van der Waals surface area (Å²) in [6.07, 6.45) is 0.681. The van der Waals surface area contributed by atoms with Gasteiger partial charge in [0.2, 0.25) is 17.7 Å². The largest absolute Gasteiger partial charge is 0.315 e. The van der Waals surface area contributed by atoms with Crippen molar-refractivity contribution in [1.82, 2.24) is 4.90 Å². The molecule has 1 aromatic carbocycles. The Hall–Kier alpha value is -2.17. The number of aryl methyl sites for hydroxylation is 2. The van der Waals surface area contributed by atoms with Gasteiger partial charge in [0, 0.05) is 38.5 Å². The molecule has 1 aromatic rings. The number of amides is 3. The van der Waals surface area contributed by atoms with E-state index in [-0.39, 0.29) is 43.5 Å². The molecule has 0 spiro atoms. The molecule has 5 heteroatoms. The average molecular weight is 288 g/mol. The second-order valence-corrected chi connectivity index (χ2v) is 5.41. The van der Waals surface area contributed by atoms with Crippen LogP contribution in [0.4, 0.5) is 5.69 Å². The van der Waals surface area contributed by atoms with Crippen LogP contribution in [0.2, 0.25) is 0 Å². The predicted octanol–water partition coefficient (Wildman–Crippen LogP) is 1.81. The van der Waals surface area contributed by atoms with Crippen LogP contribution in [0.25, 0.3) is 0 Å². The van der Waals surface area contributed by atoms with Crippen molar-refractivity contribution in [2.24, 2.45) is 0 Å². The molecule has 112 valence electrons. The lowest BCUT2D eigenvalue weighted by Gasteiger charge is -2.20. The van der Waals surface area contributed by atoms with Crippen molar-refractivity contribution in [3.63, 3.8) is 0 Å². The first-order chi connectivity index (χ1) is 9.90. The predicted molar refractivity (Wildman–Crippen MR) is 79.9 cm³/mol. The monoisotopic (exact) mass is 288 g/mol. The van der Waals surface area contributed by atoms with Crippen molar-refractivity contribution in [2.75, 3.05) is 18.5 Å². The first kappa shape index (κ1) is 15.2. The van der Waals surface area contributed by atoms with E-state index in [1.54, 1.807) is 11.9 Å². The summed E-state index contributed by atoms with van der Waals surface area (Å²) in [6.45, 7) is 4.19. The van der Waals surface area contributed by atoms with Gasteiger partial charge in [-0.25, -0.2) is 0 Å². The number of benzene rings is 1. The molecule has 0 N–H and O–H groups in total. The molecule has 1 fully saturated rings. The number of anilines is 1. The van der Waals surface area contributed by atoms with Crippen molar-refractivity contribution in [2.45, 2.75) is 33.1 Å². The molecule has 1 aliphatic heterocycles. The van der Waals surface area contributed by atoms with Gasteiger partial charge < -0.3 is 4.90 Å². The molecule has 1 heterocycles. The Kier molecular flexibility index (Phi) is 4.40. The molecule has 1 saturated heterocycles. The third kappa shape index (κ3) is 3.29. The van der Waals surface area contributed by atoms with E-state index in [1.165, 1.54) is 10.5 Å². The maximum Gasteiger partial charge on any atom is 0.229 e. The van der Waals surface area contributed by atoms with Gasteiger partial charge >= 0.3 is 0 Å². The molecule has 0 radical (unpaired) electrons. The van der Waals surface area contributed by atoms with Crippen molar-refractivity contribution in [3.8, 4) is 0 Å². The Labute approximate surface area is 124 Å². The highest BCUT2D eigenvalue weighted by molar-refractivity contribution is 6.02. The van der Waals surface area contributed by atoms with Crippen LogP contribution < -0.4 is 4.90 Å². The van der Waals surface area contributed by atoms with E-state index in [0.29, 0.717) is 0 Å². The average Bonchev–Trinajstić information content (AvgIpc) is 2.77. The SMILES string of the molecule is Cc1ccc(N(C)C(=O)CCN2C(=O)CCC2=O)cc1C. The topological polar surface area (TPSA) is 57.7 Å². The molecule has 0 aliphatic carbocycles. The molecule has 1 aliphatic rings. The first-order valence-corrected chi connectivity index (χ1v) is 7.07. The minimum absolute atomic E-state index is 0.106. The quantitative estimate of drug-likeness (QED) is 0.794. The highest BCUT2D eigenvalue weighted by Crippen LogP contribution is 2.19. The Balaban J connectivity index is 1.98. The zero-order chi connectivity index (χ0) is 15.6. The van der Waals surface area contributed by atoms with Gasteiger partial charge in [0.15, 0.2) is 0 Å². The summed E-state index contributed by atoms with van der Waals surface area (Å²) in [5.41, 5.74) is 3.12. The second kappa shape index (κ2) is 6.08. The summed E-state index contributed by atoms with van der Waals surface area (Å²) >= 11 is 0. The highest BCUT2D eigenvalue weighted by Gasteiger charge is 2.29. The van der Waals surface area contributed by atoms with E-state index in [1.807, 2.05) is 32.0 Å². The van der Waals surface area contributed by atoms with Crippen molar-refractivity contribution >= 4 is 23.4 Å². The lowest BCUT2D eigenvalue weighted by molar-refractivity contribution is -0.138. The maximum atomic E-state index is 12.2. The molecule has 0 saturated carbocycles. The minimum Gasteiger partial charge on any atom is -0.315 e. The first-order valence-electron chi connectivity index (χ1n) is 7.07. The number of carbonyl (C=O) groups excluding carboxylic acids is 3. The van der Waals surface area contributed by atoms with E-state index in [0.717, 1.165) is 11.3 Å². The zero-order valence-corrected chi connectivity index (χ0v) is 12.7. The second-order valence-electron chi connectivity index (χ2n) is 5.41. The van der Waals surface area contributed by atoms with Gasteiger partial charge in [-0.15, -0.1) is 0 Å². The third-order valence-electron chi connectivity index (χ3n) is 3.96. The normalized spacial score (nSPS) is 14.7. The van der Waals surface area contributed by atoms with Crippen LogP contribution in [-0.2, 0) is 14.4 Å². The van der Waals surface area contributed by atoms with Crippen molar-refractivity contribution in [3.05, 3.63) is 29.3 Å². The van der Waals surface area contributed by atoms with Gasteiger partial charge in [0.05, 0.1) is 0 Å². The van der Waals surface area contributed by atoms with Gasteiger partial charge in [0.25, 0.3) is 0 Å². The zero-order valence-electron chi connectivity index (χ0n) is 12.7. The van der Waals surface area contributed by atoms with Gasteiger partial charge in [-0.2, -0.15) is 0 Å². The Morgan fingerprint density at radius 3 is 2.33 bits per heavy atom. The smallest absolute Gasteiger partial charge is 0.229 e. The van der Waals surface area contributed by atoms with Gasteiger partial charge in [-0.1, -0.05) is 6.07 Å². The summed E-state index contributed by atoms with van der Waals surface area (Å²) in [5.74, 6) is -0.464. The third-order valence-corrected chi connectivity index (χ3v) is 3.96. The summed E-state index contributed by atoms with van der Waals surface area (Å²) < 4.78 is 0. The molecule has 0 aromatic heterocycles. The van der Waals surface area contributed by atoms with Crippen LogP contribution in [0, 0.1) is 13.8 Å². The molecule has 0 bridgehead atoms. The molecule has 5 nitrogen and oxygen atoms in total. The summed E-state index contributed by atoms with van der Waals surface area (Å²) in [6, 6.07) is 5.83. The van der Waals surface area contributed by atoms with Crippen LogP contribution in [0.5, 0.6) is 0 Å². The number of nitrogens with zero attached hydrogens (tertiary/aromatic N) is 2. The van der Waals surface area contributed by atoms with Crippen molar-refractivity contribution < 1.29 is 14.4 Å². The van der Waals surface area contributed by atoms with Crippen LogP contribution in [-0.4, -0.2) is 36.2 Å². The standard InChI is InChI=1S/C16H20N2O3/c1-11-4-5-13(10-12(11)2)17(3)14(19)8-9-18-15(20)6-7-16(18)21/h4-5,10H,6-9H2,1-3H3. The lowest BCUT2D eigenvalue weighted by atomic mass is 10.1. The Bertz CT molecular complexity index is 579. The van der Waals surface area contributed by atoms with E-state index in [4.69, 9.17) is 0 Å². The van der Waals surface area contributed by atoms with Crippen LogP contribution in [0.3, 0.4) is 0 Å². The molecule has 21 heavy (non-hydrogen) atoms. The number of carbonyl (C=O) groups is 3. The van der Waals surface area contributed by atoms with E-state index in [2.05, 4.69) is 0 Å². The minimum atomic E-state index is -0.179. The van der Waals surface area contributed by atoms with Crippen molar-refractivity contribution in [1.29, 1.82) is 0 Å². The number of hydrogen-bond donors (Lipinski definition) is 0. The van der Waals surface area contributed by atoms with Crippen LogP contribution in [0.15, 0.2) is 18.2 Å². The summed E-state index contributed by atoms with van der Waals surface area (Å²) in [5, 5.41) is 0. The van der Waals surface area contributed by atoms with Gasteiger partial charge in [-0.05, 0) is 37.1 Å². The van der Waals surface area contributed by atoms with Gasteiger partial charge in [0.1, 0.15) is 0 Å². The molecule has 0 unspecified atom stereocenters. The fourth-order valence-corrected chi connectivity index (χ4v) is 2.33. The molecule has 0 atom stereocenters. The van der Waals surface area contributed by atoms with Crippen LogP contribution >= 0.6 is 0 Å². The maximum absolute atomic E-state index is 12.2. The Morgan fingerprint density at radius 1 is 1.14 bits per heavy atom. The van der Waals surface area contributed by atoms with E-state index >= 15 is 0 Å². The molecule has 3 amide bonds. The van der Waals surface area contributed by atoms with E-state index in [9.17, 15) is 14.4 Å². The fraction of sp³-hybridized carbons (Fsp3) is 0.438. The lowest BCUT2D eigenvalue weighted by Crippen LogP contribution is -2.35.